The van der Waals surface area contributed by atoms with Crippen molar-refractivity contribution in [2.75, 3.05) is 6.61 Å². The molecule has 2 N–H and O–H groups in total. The van der Waals surface area contributed by atoms with Crippen LogP contribution in [0.1, 0.15) is 79.5 Å². The maximum Gasteiger partial charge on any atom is 0.306 e. The quantitative estimate of drug-likeness (QED) is 0.427. The van der Waals surface area contributed by atoms with Crippen LogP contribution < -0.4 is 4.74 Å². The van der Waals surface area contributed by atoms with Gasteiger partial charge in [-0.3, -0.25) is 4.79 Å². The number of carbonyl (C=O) groups is 1. The molecule has 0 radical (unpaired) electrons. The number of unbranched alkanes of at least 4 members (excludes halogenated alkanes) is 3. The number of hydrogen-bond acceptors (Lipinski definition) is 4. The van der Waals surface area contributed by atoms with Crippen LogP contribution in [-0.2, 0) is 11.2 Å². The molecule has 1 aliphatic rings. The van der Waals surface area contributed by atoms with Gasteiger partial charge in [0, 0.05) is 11.8 Å². The molecule has 0 bridgehead atoms. The van der Waals surface area contributed by atoms with Crippen LogP contribution in [-0.4, -0.2) is 28.9 Å². The highest BCUT2D eigenvalue weighted by molar-refractivity contribution is 5.66. The van der Waals surface area contributed by atoms with E-state index in [2.05, 4.69) is 37.3 Å². The summed E-state index contributed by atoms with van der Waals surface area (Å²) in [4.78, 5) is 10.8. The number of aliphatic hydroxyl groups excluding tert-OH is 1. The topological polar surface area (TPSA) is 90.5 Å². The Balaban J connectivity index is 1.82. The van der Waals surface area contributed by atoms with E-state index in [-0.39, 0.29) is 30.8 Å². The second-order valence-electron chi connectivity index (χ2n) is 9.16. The molecular formula is C28H35NO4. The number of nitrogens with zero attached hydrogens (tertiary/aromatic N) is 1. The van der Waals surface area contributed by atoms with E-state index in [4.69, 9.17) is 9.84 Å². The third-order valence-electron chi connectivity index (χ3n) is 6.75. The van der Waals surface area contributed by atoms with Crippen molar-refractivity contribution in [1.29, 1.82) is 5.26 Å². The van der Waals surface area contributed by atoms with Gasteiger partial charge in [0.05, 0.1) is 31.1 Å². The number of carboxylic acids is 1. The molecule has 3 rings (SSSR count). The molecule has 5 nitrogen and oxygen atoms in total. The first-order valence-corrected chi connectivity index (χ1v) is 12.1. The number of hydrogen-bond donors (Lipinski definition) is 2. The van der Waals surface area contributed by atoms with Crippen LogP contribution in [0.3, 0.4) is 0 Å². The Bertz CT molecular complexity index is 963. The van der Waals surface area contributed by atoms with Gasteiger partial charge in [-0.2, -0.15) is 5.26 Å². The van der Waals surface area contributed by atoms with E-state index in [1.807, 2.05) is 25.1 Å². The summed E-state index contributed by atoms with van der Waals surface area (Å²) in [5.41, 5.74) is 4.22. The lowest BCUT2D eigenvalue weighted by Gasteiger charge is -2.25. The normalized spacial score (nSPS) is 22.1. The average Bonchev–Trinajstić information content (AvgIpc) is 3.14. The van der Waals surface area contributed by atoms with Gasteiger partial charge in [-0.1, -0.05) is 62.6 Å². The Kier molecular flexibility index (Phi) is 8.91. The first-order chi connectivity index (χ1) is 15.9. The van der Waals surface area contributed by atoms with E-state index in [0.717, 1.165) is 23.1 Å². The van der Waals surface area contributed by atoms with Gasteiger partial charge in [0.2, 0.25) is 0 Å². The SMILES string of the molecule is CCCCCCc1ccc(C2C(c3ccc(C)c(OCCC(=O)O)c3)[C@H](C#N)C[C@H]2O)cc1. The fourth-order valence-corrected chi connectivity index (χ4v) is 4.94. The Morgan fingerprint density at radius 2 is 1.82 bits per heavy atom. The van der Waals surface area contributed by atoms with Crippen LogP contribution in [0.15, 0.2) is 42.5 Å². The van der Waals surface area contributed by atoms with E-state index in [0.29, 0.717) is 12.2 Å². The number of benzene rings is 2. The molecule has 0 spiro atoms. The molecule has 176 valence electrons. The van der Waals surface area contributed by atoms with Crippen LogP contribution in [0.25, 0.3) is 0 Å². The number of rotatable bonds is 11. The van der Waals surface area contributed by atoms with E-state index in [1.54, 1.807) is 0 Å². The number of ether oxygens (including phenoxy) is 1. The average molecular weight is 450 g/mol. The summed E-state index contributed by atoms with van der Waals surface area (Å²) in [6, 6.07) is 16.8. The zero-order chi connectivity index (χ0) is 23.8. The summed E-state index contributed by atoms with van der Waals surface area (Å²) < 4.78 is 5.73. The van der Waals surface area contributed by atoms with Crippen molar-refractivity contribution < 1.29 is 19.7 Å². The molecule has 0 heterocycles. The van der Waals surface area contributed by atoms with Crippen LogP contribution >= 0.6 is 0 Å². The molecule has 4 atom stereocenters. The van der Waals surface area contributed by atoms with Crippen molar-refractivity contribution in [3.05, 3.63) is 64.7 Å². The zero-order valence-electron chi connectivity index (χ0n) is 19.7. The summed E-state index contributed by atoms with van der Waals surface area (Å²) in [5.74, 6) is -0.886. The smallest absolute Gasteiger partial charge is 0.306 e. The highest BCUT2D eigenvalue weighted by Crippen LogP contribution is 2.50. The van der Waals surface area contributed by atoms with Crippen molar-refractivity contribution >= 4 is 5.97 Å². The summed E-state index contributed by atoms with van der Waals surface area (Å²) in [6.07, 6.45) is 5.77. The first kappa shape index (κ1) is 24.8. The molecule has 0 aromatic heterocycles. The second-order valence-corrected chi connectivity index (χ2v) is 9.16. The molecule has 2 aromatic rings. The van der Waals surface area contributed by atoms with Crippen molar-refractivity contribution in [1.82, 2.24) is 0 Å². The minimum Gasteiger partial charge on any atom is -0.493 e. The predicted molar refractivity (Wildman–Crippen MR) is 128 cm³/mol. The third-order valence-corrected chi connectivity index (χ3v) is 6.75. The van der Waals surface area contributed by atoms with Gasteiger partial charge in [0.1, 0.15) is 5.75 Å². The second kappa shape index (κ2) is 11.9. The molecule has 5 heteroatoms. The molecule has 1 saturated carbocycles. The molecule has 33 heavy (non-hydrogen) atoms. The number of aryl methyl sites for hydroxylation is 2. The molecule has 2 unspecified atom stereocenters. The fourth-order valence-electron chi connectivity index (χ4n) is 4.94. The van der Waals surface area contributed by atoms with Crippen molar-refractivity contribution in [3.8, 4) is 11.8 Å². The third kappa shape index (κ3) is 6.36. The summed E-state index contributed by atoms with van der Waals surface area (Å²) in [6.45, 7) is 4.23. The lowest BCUT2D eigenvalue weighted by molar-refractivity contribution is -0.137. The molecule has 0 aliphatic heterocycles. The standard InChI is InChI=1S/C28H35NO4/c1-3-4-5-6-7-20-9-12-21(13-10-20)28-24(30)16-23(18-29)27(28)22-11-8-19(2)25(17-22)33-15-14-26(31)32/h8-13,17,23-24,27-28,30H,3-7,14-16H2,1-2H3,(H,31,32)/t23-,24+,27?,28?/m0/s1. The van der Waals surface area contributed by atoms with Crippen molar-refractivity contribution in [2.24, 2.45) is 5.92 Å². The van der Waals surface area contributed by atoms with E-state index >= 15 is 0 Å². The van der Waals surface area contributed by atoms with E-state index < -0.39 is 12.1 Å². The van der Waals surface area contributed by atoms with Crippen LogP contribution in [0.5, 0.6) is 5.75 Å². The molecule has 2 aromatic carbocycles. The highest BCUT2D eigenvalue weighted by atomic mass is 16.5. The molecule has 1 fully saturated rings. The summed E-state index contributed by atoms with van der Waals surface area (Å²) in [5, 5.41) is 29.7. The van der Waals surface area contributed by atoms with Crippen LogP contribution in [0.4, 0.5) is 0 Å². The van der Waals surface area contributed by atoms with Gasteiger partial charge >= 0.3 is 5.97 Å². The molecule has 1 aliphatic carbocycles. The monoisotopic (exact) mass is 449 g/mol. The van der Waals surface area contributed by atoms with E-state index in [9.17, 15) is 15.2 Å². The Morgan fingerprint density at radius 3 is 2.48 bits per heavy atom. The van der Waals surface area contributed by atoms with Gasteiger partial charge < -0.3 is 14.9 Å². The largest absolute Gasteiger partial charge is 0.493 e. The zero-order valence-corrected chi connectivity index (χ0v) is 19.7. The Morgan fingerprint density at radius 1 is 1.09 bits per heavy atom. The maximum absolute atomic E-state index is 10.9. The van der Waals surface area contributed by atoms with Crippen LogP contribution in [0, 0.1) is 24.2 Å². The van der Waals surface area contributed by atoms with Crippen molar-refractivity contribution in [2.45, 2.75) is 76.7 Å². The number of aliphatic carboxylic acids is 1. The number of aliphatic hydroxyl groups is 1. The van der Waals surface area contributed by atoms with Crippen LogP contribution in [0.2, 0.25) is 0 Å². The fraction of sp³-hybridized carbons (Fsp3) is 0.500. The maximum atomic E-state index is 10.9. The minimum atomic E-state index is -0.902. The molecular weight excluding hydrogens is 414 g/mol. The number of nitriles is 1. The van der Waals surface area contributed by atoms with E-state index in [1.165, 1.54) is 31.2 Å². The predicted octanol–water partition coefficient (Wildman–Crippen LogP) is 5.74. The van der Waals surface area contributed by atoms with Gasteiger partial charge in [-0.15, -0.1) is 0 Å². The Hall–Kier alpha value is -2.84. The minimum absolute atomic E-state index is 0.0694. The summed E-state index contributed by atoms with van der Waals surface area (Å²) >= 11 is 0. The van der Waals surface area contributed by atoms with Crippen molar-refractivity contribution in [3.63, 3.8) is 0 Å². The number of carboxylic acid groups (broad SMARTS) is 1. The van der Waals surface area contributed by atoms with Gasteiger partial charge in [-0.25, -0.2) is 0 Å². The molecule has 0 amide bonds. The van der Waals surface area contributed by atoms with Gasteiger partial charge in [0.15, 0.2) is 0 Å². The summed E-state index contributed by atoms with van der Waals surface area (Å²) in [7, 11) is 0. The van der Waals surface area contributed by atoms with Gasteiger partial charge in [-0.05, 0) is 54.5 Å². The lowest BCUT2D eigenvalue weighted by atomic mass is 9.79. The van der Waals surface area contributed by atoms with Gasteiger partial charge in [0.25, 0.3) is 0 Å². The lowest BCUT2D eigenvalue weighted by Crippen LogP contribution is -2.17. The molecule has 0 saturated heterocycles. The first-order valence-electron chi connectivity index (χ1n) is 12.1. The Labute approximate surface area is 197 Å². The highest BCUT2D eigenvalue weighted by Gasteiger charge is 2.44.